The third-order valence-electron chi connectivity index (χ3n) is 3.62. The SMILES string of the molecule is CN(CCCNC(=O)OC(C)(C)C)C1CCCCC1O. The van der Waals surface area contributed by atoms with Gasteiger partial charge in [-0.1, -0.05) is 12.8 Å². The van der Waals surface area contributed by atoms with Gasteiger partial charge in [0, 0.05) is 12.6 Å². The molecule has 1 amide bonds. The van der Waals surface area contributed by atoms with Crippen LogP contribution >= 0.6 is 0 Å². The first-order chi connectivity index (χ1) is 9.29. The number of aliphatic hydroxyl groups excluding tert-OH is 1. The van der Waals surface area contributed by atoms with Crippen molar-refractivity contribution < 1.29 is 14.6 Å². The minimum Gasteiger partial charge on any atom is -0.444 e. The van der Waals surface area contributed by atoms with Crippen LogP contribution in [0.5, 0.6) is 0 Å². The van der Waals surface area contributed by atoms with Crippen molar-refractivity contribution in [3.8, 4) is 0 Å². The van der Waals surface area contributed by atoms with E-state index in [1.54, 1.807) is 0 Å². The van der Waals surface area contributed by atoms with Gasteiger partial charge in [0.25, 0.3) is 0 Å². The summed E-state index contributed by atoms with van der Waals surface area (Å²) >= 11 is 0. The highest BCUT2D eigenvalue weighted by atomic mass is 16.6. The second-order valence-electron chi connectivity index (χ2n) is 6.68. The molecule has 1 aliphatic rings. The predicted molar refractivity (Wildman–Crippen MR) is 79.7 cm³/mol. The maximum atomic E-state index is 11.5. The first kappa shape index (κ1) is 17.2. The second-order valence-corrected chi connectivity index (χ2v) is 6.68. The summed E-state index contributed by atoms with van der Waals surface area (Å²) in [4.78, 5) is 13.7. The van der Waals surface area contributed by atoms with E-state index >= 15 is 0 Å². The number of rotatable bonds is 5. The molecule has 0 bridgehead atoms. The van der Waals surface area contributed by atoms with Crippen LogP contribution in [-0.2, 0) is 4.74 Å². The number of amides is 1. The quantitative estimate of drug-likeness (QED) is 0.760. The van der Waals surface area contributed by atoms with Gasteiger partial charge in [0.1, 0.15) is 5.60 Å². The molecule has 0 spiro atoms. The lowest BCUT2D eigenvalue weighted by molar-refractivity contribution is 0.0311. The van der Waals surface area contributed by atoms with E-state index in [-0.39, 0.29) is 18.2 Å². The summed E-state index contributed by atoms with van der Waals surface area (Å²) in [7, 11) is 2.05. The van der Waals surface area contributed by atoms with Gasteiger partial charge in [0.2, 0.25) is 0 Å². The molecule has 2 N–H and O–H groups in total. The molecule has 118 valence electrons. The Bertz CT molecular complexity index is 302. The fourth-order valence-corrected chi connectivity index (χ4v) is 2.60. The van der Waals surface area contributed by atoms with Crippen LogP contribution in [0.1, 0.15) is 52.9 Å². The first-order valence-corrected chi connectivity index (χ1v) is 7.65. The third-order valence-corrected chi connectivity index (χ3v) is 3.62. The molecule has 5 nitrogen and oxygen atoms in total. The summed E-state index contributed by atoms with van der Waals surface area (Å²) < 4.78 is 5.17. The number of carbonyl (C=O) groups excluding carboxylic acids is 1. The van der Waals surface area contributed by atoms with Gasteiger partial charge in [-0.3, -0.25) is 0 Å². The number of aliphatic hydroxyl groups is 1. The standard InChI is InChI=1S/C15H30N2O3/c1-15(2,3)20-14(19)16-10-7-11-17(4)12-8-5-6-9-13(12)18/h12-13,18H,5-11H2,1-4H3,(H,16,19). The molecule has 1 fully saturated rings. The fourth-order valence-electron chi connectivity index (χ4n) is 2.60. The summed E-state index contributed by atoms with van der Waals surface area (Å²) in [6.07, 6.45) is 4.60. The molecule has 1 aliphatic carbocycles. The third kappa shape index (κ3) is 6.57. The maximum absolute atomic E-state index is 11.5. The molecule has 0 aliphatic heterocycles. The highest BCUT2D eigenvalue weighted by Crippen LogP contribution is 2.22. The van der Waals surface area contributed by atoms with Gasteiger partial charge in [0.05, 0.1) is 6.10 Å². The van der Waals surface area contributed by atoms with Gasteiger partial charge in [-0.2, -0.15) is 0 Å². The molecular weight excluding hydrogens is 256 g/mol. The van der Waals surface area contributed by atoms with E-state index in [0.29, 0.717) is 6.54 Å². The van der Waals surface area contributed by atoms with E-state index in [4.69, 9.17) is 4.74 Å². The summed E-state index contributed by atoms with van der Waals surface area (Å²) in [6, 6.07) is 0.269. The number of nitrogens with one attached hydrogen (secondary N) is 1. The van der Waals surface area contributed by atoms with Gasteiger partial charge < -0.3 is 20.1 Å². The predicted octanol–water partition coefficient (Wildman–Crippen LogP) is 2.14. The Morgan fingerprint density at radius 1 is 1.35 bits per heavy atom. The van der Waals surface area contributed by atoms with Crippen molar-refractivity contribution in [3.05, 3.63) is 0 Å². The molecule has 0 heterocycles. The topological polar surface area (TPSA) is 61.8 Å². The Kier molecular flexibility index (Phi) is 6.76. The molecule has 0 aromatic carbocycles. The largest absolute Gasteiger partial charge is 0.444 e. The molecular formula is C15H30N2O3. The summed E-state index contributed by atoms with van der Waals surface area (Å²) in [5.74, 6) is 0. The number of hydrogen-bond donors (Lipinski definition) is 2. The van der Waals surface area contributed by atoms with E-state index < -0.39 is 5.60 Å². The van der Waals surface area contributed by atoms with Gasteiger partial charge >= 0.3 is 6.09 Å². The average molecular weight is 286 g/mol. The molecule has 20 heavy (non-hydrogen) atoms. The molecule has 1 rings (SSSR count). The Balaban J connectivity index is 2.15. The van der Waals surface area contributed by atoms with E-state index in [1.807, 2.05) is 27.8 Å². The zero-order chi connectivity index (χ0) is 15.2. The summed E-state index contributed by atoms with van der Waals surface area (Å²) in [5.41, 5.74) is -0.451. The van der Waals surface area contributed by atoms with Crippen LogP contribution in [0.3, 0.4) is 0 Å². The van der Waals surface area contributed by atoms with Gasteiger partial charge in [0.15, 0.2) is 0 Å². The average Bonchev–Trinajstić information content (AvgIpc) is 2.33. The molecule has 0 radical (unpaired) electrons. The Hall–Kier alpha value is -0.810. The number of carbonyl (C=O) groups is 1. The summed E-state index contributed by atoms with van der Waals surface area (Å²) in [5, 5.41) is 12.7. The van der Waals surface area contributed by atoms with Crippen LogP contribution in [-0.4, -0.2) is 54.0 Å². The molecule has 1 saturated carbocycles. The Morgan fingerprint density at radius 3 is 2.60 bits per heavy atom. The first-order valence-electron chi connectivity index (χ1n) is 7.65. The van der Waals surface area contributed by atoms with Gasteiger partial charge in [-0.15, -0.1) is 0 Å². The molecule has 0 saturated heterocycles. The number of ether oxygens (including phenoxy) is 1. The van der Waals surface area contributed by atoms with E-state index in [2.05, 4.69) is 10.2 Å². The van der Waals surface area contributed by atoms with E-state index in [9.17, 15) is 9.90 Å². The van der Waals surface area contributed by atoms with Crippen LogP contribution in [0.4, 0.5) is 4.79 Å². The smallest absolute Gasteiger partial charge is 0.407 e. The van der Waals surface area contributed by atoms with Crippen molar-refractivity contribution >= 4 is 6.09 Å². The summed E-state index contributed by atoms with van der Waals surface area (Å²) in [6.45, 7) is 7.03. The number of hydrogen-bond acceptors (Lipinski definition) is 4. The van der Waals surface area contributed by atoms with Crippen molar-refractivity contribution in [2.45, 2.75) is 70.6 Å². The van der Waals surface area contributed by atoms with Gasteiger partial charge in [-0.25, -0.2) is 4.79 Å². The van der Waals surface area contributed by atoms with Crippen LogP contribution < -0.4 is 5.32 Å². The highest BCUT2D eigenvalue weighted by molar-refractivity contribution is 5.67. The highest BCUT2D eigenvalue weighted by Gasteiger charge is 2.26. The van der Waals surface area contributed by atoms with E-state index in [0.717, 1.165) is 32.2 Å². The Morgan fingerprint density at radius 2 is 2.00 bits per heavy atom. The van der Waals surface area contributed by atoms with Crippen molar-refractivity contribution in [2.75, 3.05) is 20.1 Å². The molecule has 5 heteroatoms. The monoisotopic (exact) mass is 286 g/mol. The molecule has 0 aromatic heterocycles. The lowest BCUT2D eigenvalue weighted by Gasteiger charge is -2.35. The number of nitrogens with zero attached hydrogens (tertiary/aromatic N) is 1. The minimum atomic E-state index is -0.451. The fraction of sp³-hybridized carbons (Fsp3) is 0.933. The lowest BCUT2D eigenvalue weighted by Crippen LogP contribution is -2.44. The van der Waals surface area contributed by atoms with Gasteiger partial charge in [-0.05, 0) is 53.6 Å². The minimum absolute atomic E-state index is 0.201. The molecule has 0 aromatic rings. The Labute approximate surface area is 122 Å². The van der Waals surface area contributed by atoms with Crippen molar-refractivity contribution in [1.82, 2.24) is 10.2 Å². The van der Waals surface area contributed by atoms with Crippen LogP contribution in [0.15, 0.2) is 0 Å². The number of alkyl carbamates (subject to hydrolysis) is 1. The molecule has 2 atom stereocenters. The zero-order valence-electron chi connectivity index (χ0n) is 13.3. The number of likely N-dealkylation sites (N-methyl/N-ethyl adjacent to an activating group) is 1. The van der Waals surface area contributed by atoms with Crippen molar-refractivity contribution in [1.29, 1.82) is 0 Å². The van der Waals surface area contributed by atoms with Crippen LogP contribution in [0.25, 0.3) is 0 Å². The maximum Gasteiger partial charge on any atom is 0.407 e. The normalized spacial score (nSPS) is 23.7. The second kappa shape index (κ2) is 7.84. The zero-order valence-corrected chi connectivity index (χ0v) is 13.3. The van der Waals surface area contributed by atoms with Crippen LogP contribution in [0, 0.1) is 0 Å². The van der Waals surface area contributed by atoms with Crippen molar-refractivity contribution in [3.63, 3.8) is 0 Å². The lowest BCUT2D eigenvalue weighted by atomic mass is 9.91. The van der Waals surface area contributed by atoms with Crippen LogP contribution in [0.2, 0.25) is 0 Å². The van der Waals surface area contributed by atoms with E-state index in [1.165, 1.54) is 6.42 Å². The molecule has 2 unspecified atom stereocenters. The van der Waals surface area contributed by atoms with Crippen molar-refractivity contribution in [2.24, 2.45) is 0 Å².